The second-order valence-corrected chi connectivity index (χ2v) is 8.53. The minimum absolute atomic E-state index is 0.145. The van der Waals surface area contributed by atoms with E-state index >= 15 is 0 Å². The number of nitrogens with one attached hydrogen (secondary N) is 1. The van der Waals surface area contributed by atoms with Gasteiger partial charge in [0, 0.05) is 25.2 Å². The number of nitrogens with zero attached hydrogens (tertiary/aromatic N) is 1. The second-order valence-electron chi connectivity index (χ2n) is 6.63. The van der Waals surface area contributed by atoms with Crippen molar-refractivity contribution in [3.63, 3.8) is 0 Å². The highest BCUT2D eigenvalue weighted by atomic mass is 32.2. The molecular weight excluding hydrogens is 364 g/mol. The molecule has 3 rings (SSSR count). The molecule has 1 aliphatic heterocycles. The van der Waals surface area contributed by atoms with Crippen molar-refractivity contribution in [2.24, 2.45) is 0 Å². The number of morpholine rings is 1. The Labute approximate surface area is 160 Å². The van der Waals surface area contributed by atoms with Gasteiger partial charge in [0.15, 0.2) is 0 Å². The number of aryl methyl sites for hydroxylation is 2. The summed E-state index contributed by atoms with van der Waals surface area (Å²) in [6.45, 7) is 5.42. The maximum absolute atomic E-state index is 13.0. The summed E-state index contributed by atoms with van der Waals surface area (Å²) < 4.78 is 32.6. The van der Waals surface area contributed by atoms with Gasteiger partial charge in [0.05, 0.1) is 18.1 Å². The number of hydrogen-bond donors (Lipinski definition) is 1. The molecule has 0 unspecified atom stereocenters. The van der Waals surface area contributed by atoms with E-state index in [-0.39, 0.29) is 17.3 Å². The molecule has 27 heavy (non-hydrogen) atoms. The third-order valence-corrected chi connectivity index (χ3v) is 6.64. The van der Waals surface area contributed by atoms with Gasteiger partial charge in [0.1, 0.15) is 0 Å². The standard InChI is InChI=1S/C20H24N2O4S/c1-15-7-8-16(2)18(13-15)20(23)21-14-17-5-3-4-6-19(17)27(24,25)22-9-11-26-12-10-22/h3-8,13H,9-12,14H2,1-2H3,(H,21,23). The van der Waals surface area contributed by atoms with Gasteiger partial charge in [0.25, 0.3) is 5.91 Å². The molecule has 1 heterocycles. The second kappa shape index (κ2) is 8.21. The minimum atomic E-state index is -3.62. The van der Waals surface area contributed by atoms with Gasteiger partial charge >= 0.3 is 0 Å². The molecule has 0 radical (unpaired) electrons. The third kappa shape index (κ3) is 4.37. The molecule has 0 atom stereocenters. The molecule has 1 amide bonds. The Morgan fingerprint density at radius 3 is 2.56 bits per heavy atom. The normalized spacial score (nSPS) is 15.5. The Kier molecular flexibility index (Phi) is 5.94. The Bertz CT molecular complexity index is 935. The summed E-state index contributed by atoms with van der Waals surface area (Å²) >= 11 is 0. The minimum Gasteiger partial charge on any atom is -0.379 e. The van der Waals surface area contributed by atoms with Gasteiger partial charge in [-0.15, -0.1) is 0 Å². The van der Waals surface area contributed by atoms with E-state index in [1.165, 1.54) is 4.31 Å². The number of sulfonamides is 1. The van der Waals surface area contributed by atoms with Crippen molar-refractivity contribution in [3.05, 3.63) is 64.7 Å². The SMILES string of the molecule is Cc1ccc(C)c(C(=O)NCc2ccccc2S(=O)(=O)N2CCOCC2)c1. The number of hydrogen-bond acceptors (Lipinski definition) is 4. The van der Waals surface area contributed by atoms with Crippen molar-refractivity contribution in [1.82, 2.24) is 9.62 Å². The number of amides is 1. The quantitative estimate of drug-likeness (QED) is 0.852. The summed E-state index contributed by atoms with van der Waals surface area (Å²) in [6.07, 6.45) is 0. The van der Waals surface area contributed by atoms with E-state index in [0.29, 0.717) is 37.4 Å². The highest BCUT2D eigenvalue weighted by Crippen LogP contribution is 2.21. The first-order chi connectivity index (χ1) is 12.9. The van der Waals surface area contributed by atoms with Gasteiger partial charge in [-0.1, -0.05) is 35.9 Å². The van der Waals surface area contributed by atoms with E-state index in [9.17, 15) is 13.2 Å². The Balaban J connectivity index is 1.80. The summed E-state index contributed by atoms with van der Waals surface area (Å²) in [7, 11) is -3.62. The number of carbonyl (C=O) groups is 1. The molecule has 0 spiro atoms. The zero-order chi connectivity index (χ0) is 19.4. The molecule has 0 bridgehead atoms. The van der Waals surface area contributed by atoms with Crippen molar-refractivity contribution in [2.75, 3.05) is 26.3 Å². The van der Waals surface area contributed by atoms with Crippen molar-refractivity contribution in [2.45, 2.75) is 25.3 Å². The smallest absolute Gasteiger partial charge is 0.251 e. The van der Waals surface area contributed by atoms with E-state index in [4.69, 9.17) is 4.74 Å². The lowest BCUT2D eigenvalue weighted by molar-refractivity contribution is 0.0730. The van der Waals surface area contributed by atoms with Crippen LogP contribution < -0.4 is 5.32 Å². The van der Waals surface area contributed by atoms with Crippen LogP contribution >= 0.6 is 0 Å². The molecule has 0 saturated carbocycles. The topological polar surface area (TPSA) is 75.7 Å². The predicted octanol–water partition coefficient (Wildman–Crippen LogP) is 2.25. The van der Waals surface area contributed by atoms with Crippen molar-refractivity contribution < 1.29 is 17.9 Å². The maximum Gasteiger partial charge on any atom is 0.251 e. The Morgan fingerprint density at radius 2 is 1.81 bits per heavy atom. The molecule has 1 N–H and O–H groups in total. The van der Waals surface area contributed by atoms with Gasteiger partial charge in [-0.2, -0.15) is 4.31 Å². The van der Waals surface area contributed by atoms with Gasteiger partial charge < -0.3 is 10.1 Å². The van der Waals surface area contributed by atoms with E-state index in [1.807, 2.05) is 32.0 Å². The third-order valence-electron chi connectivity index (χ3n) is 4.64. The van der Waals surface area contributed by atoms with Gasteiger partial charge in [-0.3, -0.25) is 4.79 Å². The highest BCUT2D eigenvalue weighted by molar-refractivity contribution is 7.89. The van der Waals surface area contributed by atoms with Crippen LogP contribution in [0.2, 0.25) is 0 Å². The molecule has 2 aromatic carbocycles. The van der Waals surface area contributed by atoms with E-state index in [2.05, 4.69) is 5.32 Å². The summed E-state index contributed by atoms with van der Waals surface area (Å²) in [5.74, 6) is -0.213. The molecule has 144 valence electrons. The van der Waals surface area contributed by atoms with Crippen LogP contribution in [0.5, 0.6) is 0 Å². The number of rotatable bonds is 5. The lowest BCUT2D eigenvalue weighted by atomic mass is 10.0. The van der Waals surface area contributed by atoms with E-state index < -0.39 is 10.0 Å². The first-order valence-corrected chi connectivity index (χ1v) is 10.3. The van der Waals surface area contributed by atoms with E-state index in [0.717, 1.165) is 11.1 Å². The van der Waals surface area contributed by atoms with Crippen LogP contribution in [-0.4, -0.2) is 44.9 Å². The fourth-order valence-electron chi connectivity index (χ4n) is 3.08. The average Bonchev–Trinajstić information content (AvgIpc) is 2.69. The molecule has 1 fully saturated rings. The van der Waals surface area contributed by atoms with Crippen LogP contribution in [0.25, 0.3) is 0 Å². The van der Waals surface area contributed by atoms with E-state index in [1.54, 1.807) is 24.3 Å². The monoisotopic (exact) mass is 388 g/mol. The molecule has 0 aromatic heterocycles. The summed E-state index contributed by atoms with van der Waals surface area (Å²) in [5.41, 5.74) is 3.06. The molecule has 6 nitrogen and oxygen atoms in total. The largest absolute Gasteiger partial charge is 0.379 e. The summed E-state index contributed by atoms with van der Waals surface area (Å²) in [6, 6.07) is 12.5. The van der Waals surface area contributed by atoms with Crippen molar-refractivity contribution in [3.8, 4) is 0 Å². The Hall–Kier alpha value is -2.22. The molecule has 0 aliphatic carbocycles. The number of ether oxygens (including phenoxy) is 1. The van der Waals surface area contributed by atoms with Crippen LogP contribution in [0.3, 0.4) is 0 Å². The lowest BCUT2D eigenvalue weighted by Crippen LogP contribution is -2.41. The van der Waals surface area contributed by atoms with Gasteiger partial charge in [-0.05, 0) is 37.1 Å². The van der Waals surface area contributed by atoms with Crippen LogP contribution in [0.4, 0.5) is 0 Å². The molecular formula is C20H24N2O4S. The first-order valence-electron chi connectivity index (χ1n) is 8.91. The molecule has 1 aliphatic rings. The van der Waals surface area contributed by atoms with Crippen LogP contribution in [0, 0.1) is 13.8 Å². The molecule has 1 saturated heterocycles. The van der Waals surface area contributed by atoms with Gasteiger partial charge in [0.2, 0.25) is 10.0 Å². The van der Waals surface area contributed by atoms with Crippen molar-refractivity contribution >= 4 is 15.9 Å². The average molecular weight is 388 g/mol. The summed E-state index contributed by atoms with van der Waals surface area (Å²) in [5, 5.41) is 2.85. The first kappa shape index (κ1) is 19.5. The highest BCUT2D eigenvalue weighted by Gasteiger charge is 2.28. The molecule has 2 aromatic rings. The summed E-state index contributed by atoms with van der Waals surface area (Å²) in [4.78, 5) is 12.8. The zero-order valence-corrected chi connectivity index (χ0v) is 16.4. The Morgan fingerprint density at radius 1 is 1.11 bits per heavy atom. The molecule has 7 heteroatoms. The van der Waals surface area contributed by atoms with Crippen LogP contribution in [-0.2, 0) is 21.3 Å². The zero-order valence-electron chi connectivity index (χ0n) is 15.6. The van der Waals surface area contributed by atoms with Gasteiger partial charge in [-0.25, -0.2) is 8.42 Å². The number of carbonyl (C=O) groups excluding carboxylic acids is 1. The van der Waals surface area contributed by atoms with Crippen LogP contribution in [0.1, 0.15) is 27.0 Å². The predicted molar refractivity (Wildman–Crippen MR) is 103 cm³/mol. The lowest BCUT2D eigenvalue weighted by Gasteiger charge is -2.27. The maximum atomic E-state index is 13.0. The van der Waals surface area contributed by atoms with Crippen molar-refractivity contribution in [1.29, 1.82) is 0 Å². The fourth-order valence-corrected chi connectivity index (χ4v) is 4.71. The number of benzene rings is 2. The fraction of sp³-hybridized carbons (Fsp3) is 0.350. The van der Waals surface area contributed by atoms with Crippen LogP contribution in [0.15, 0.2) is 47.4 Å².